The lowest BCUT2D eigenvalue weighted by atomic mass is 10.1. The summed E-state index contributed by atoms with van der Waals surface area (Å²) < 4.78 is 42.5. The summed E-state index contributed by atoms with van der Waals surface area (Å²) in [5.74, 6) is -0.315. The molecule has 0 unspecified atom stereocenters. The van der Waals surface area contributed by atoms with Gasteiger partial charge in [-0.25, -0.2) is 0 Å². The van der Waals surface area contributed by atoms with Crippen molar-refractivity contribution in [2.75, 3.05) is 12.4 Å². The number of rotatable bonds is 5. The van der Waals surface area contributed by atoms with Crippen molar-refractivity contribution in [3.63, 3.8) is 0 Å². The lowest BCUT2D eigenvalue weighted by Crippen LogP contribution is -2.15. The number of nitro benzene ring substituents is 1. The molecule has 9 heteroatoms. The number of anilines is 1. The molecule has 132 valence electrons. The molecule has 1 amide bonds. The number of benzene rings is 2. The zero-order valence-corrected chi connectivity index (χ0v) is 13.0. The smallest absolute Gasteiger partial charge is 0.416 e. The minimum Gasteiger partial charge on any atom is -0.495 e. The fourth-order valence-corrected chi connectivity index (χ4v) is 2.10. The van der Waals surface area contributed by atoms with Gasteiger partial charge in [-0.3, -0.25) is 14.9 Å². The standard InChI is InChI=1S/C16H13F3N2O4/c1-25-14-7-6-12(21(23)24)9-13(14)20-15(22)8-10-2-4-11(5-3-10)16(17,18)19/h2-7,9H,8H2,1H3,(H,20,22). The molecule has 0 bridgehead atoms. The van der Waals surface area contributed by atoms with Crippen LogP contribution >= 0.6 is 0 Å². The van der Waals surface area contributed by atoms with Crippen LogP contribution in [0.3, 0.4) is 0 Å². The summed E-state index contributed by atoms with van der Waals surface area (Å²) in [4.78, 5) is 22.2. The molecule has 0 atom stereocenters. The molecule has 2 rings (SSSR count). The van der Waals surface area contributed by atoms with Crippen LogP contribution < -0.4 is 10.1 Å². The molecule has 0 aliphatic heterocycles. The zero-order valence-electron chi connectivity index (χ0n) is 13.0. The molecule has 0 fully saturated rings. The molecule has 0 aliphatic rings. The van der Waals surface area contributed by atoms with Gasteiger partial charge in [0.05, 0.1) is 29.7 Å². The first kappa shape index (κ1) is 18.2. The van der Waals surface area contributed by atoms with Crippen LogP contribution in [0.15, 0.2) is 42.5 Å². The van der Waals surface area contributed by atoms with E-state index in [2.05, 4.69) is 5.32 Å². The average Bonchev–Trinajstić information content (AvgIpc) is 2.54. The number of halogens is 3. The summed E-state index contributed by atoms with van der Waals surface area (Å²) in [6.45, 7) is 0. The first-order valence-corrected chi connectivity index (χ1v) is 6.99. The maximum Gasteiger partial charge on any atom is 0.416 e. The summed E-state index contributed by atoms with van der Waals surface area (Å²) in [5, 5.41) is 13.3. The van der Waals surface area contributed by atoms with Gasteiger partial charge in [-0.2, -0.15) is 13.2 Å². The number of alkyl halides is 3. The minimum absolute atomic E-state index is 0.105. The van der Waals surface area contributed by atoms with Crippen LogP contribution in [0, 0.1) is 10.1 Å². The number of nitro groups is 1. The second kappa shape index (κ2) is 7.20. The molecule has 0 heterocycles. The quantitative estimate of drug-likeness (QED) is 0.654. The average molecular weight is 354 g/mol. The third kappa shape index (κ3) is 4.69. The Kier molecular flexibility index (Phi) is 5.26. The number of nitrogens with one attached hydrogen (secondary N) is 1. The van der Waals surface area contributed by atoms with Crippen molar-refractivity contribution >= 4 is 17.3 Å². The number of methoxy groups -OCH3 is 1. The first-order chi connectivity index (χ1) is 11.7. The molecule has 2 aromatic carbocycles. The lowest BCUT2D eigenvalue weighted by Gasteiger charge is -2.11. The van der Waals surface area contributed by atoms with Crippen LogP contribution in [0.4, 0.5) is 24.5 Å². The van der Waals surface area contributed by atoms with Crippen LogP contribution in [-0.2, 0) is 17.4 Å². The summed E-state index contributed by atoms with van der Waals surface area (Å²) in [5.41, 5.74) is -0.564. The third-order valence-electron chi connectivity index (χ3n) is 3.31. The van der Waals surface area contributed by atoms with E-state index < -0.39 is 22.6 Å². The normalized spacial score (nSPS) is 11.0. The van der Waals surface area contributed by atoms with Crippen molar-refractivity contribution in [1.82, 2.24) is 0 Å². The number of carbonyl (C=O) groups excluding carboxylic acids is 1. The summed E-state index contributed by atoms with van der Waals surface area (Å²) in [7, 11) is 1.34. The van der Waals surface area contributed by atoms with Gasteiger partial charge in [0.2, 0.25) is 5.91 Å². The molecule has 0 aromatic heterocycles. The monoisotopic (exact) mass is 354 g/mol. The van der Waals surface area contributed by atoms with Crippen molar-refractivity contribution in [3.05, 3.63) is 63.7 Å². The number of hydrogen-bond acceptors (Lipinski definition) is 4. The molecule has 0 saturated heterocycles. The molecule has 0 spiro atoms. The highest BCUT2D eigenvalue weighted by Gasteiger charge is 2.30. The van der Waals surface area contributed by atoms with Crippen molar-refractivity contribution < 1.29 is 27.6 Å². The van der Waals surface area contributed by atoms with E-state index in [1.54, 1.807) is 0 Å². The number of carbonyl (C=O) groups is 1. The Balaban J connectivity index is 2.12. The van der Waals surface area contributed by atoms with Gasteiger partial charge in [0.25, 0.3) is 5.69 Å². The maximum absolute atomic E-state index is 12.5. The third-order valence-corrected chi connectivity index (χ3v) is 3.31. The van der Waals surface area contributed by atoms with E-state index in [4.69, 9.17) is 4.74 Å². The van der Waals surface area contributed by atoms with Crippen LogP contribution in [0.25, 0.3) is 0 Å². The van der Waals surface area contributed by atoms with E-state index in [1.807, 2.05) is 0 Å². The van der Waals surface area contributed by atoms with Crippen molar-refractivity contribution in [2.24, 2.45) is 0 Å². The highest BCUT2D eigenvalue weighted by atomic mass is 19.4. The largest absolute Gasteiger partial charge is 0.495 e. The fourth-order valence-electron chi connectivity index (χ4n) is 2.10. The Morgan fingerprint density at radius 1 is 1.20 bits per heavy atom. The predicted octanol–water partition coefficient (Wildman–Crippen LogP) is 3.80. The second-order valence-electron chi connectivity index (χ2n) is 5.06. The van der Waals surface area contributed by atoms with Crippen LogP contribution in [-0.4, -0.2) is 17.9 Å². The molecule has 0 radical (unpaired) electrons. The predicted molar refractivity (Wildman–Crippen MR) is 83.4 cm³/mol. The number of amides is 1. The Labute approximate surface area is 140 Å². The maximum atomic E-state index is 12.5. The molecular weight excluding hydrogens is 341 g/mol. The summed E-state index contributed by atoms with van der Waals surface area (Å²) in [6, 6.07) is 7.88. The molecular formula is C16H13F3N2O4. The Morgan fingerprint density at radius 2 is 1.84 bits per heavy atom. The van der Waals surface area contributed by atoms with E-state index in [-0.39, 0.29) is 23.5 Å². The van der Waals surface area contributed by atoms with E-state index in [0.29, 0.717) is 5.56 Å². The van der Waals surface area contributed by atoms with Gasteiger partial charge in [-0.05, 0) is 23.8 Å². The molecule has 6 nitrogen and oxygen atoms in total. The van der Waals surface area contributed by atoms with E-state index in [1.165, 1.54) is 31.4 Å². The van der Waals surface area contributed by atoms with Crippen LogP contribution in [0.1, 0.15) is 11.1 Å². The van der Waals surface area contributed by atoms with Crippen LogP contribution in [0.2, 0.25) is 0 Å². The second-order valence-corrected chi connectivity index (χ2v) is 5.06. The number of hydrogen-bond donors (Lipinski definition) is 1. The van der Waals surface area contributed by atoms with E-state index >= 15 is 0 Å². The fraction of sp³-hybridized carbons (Fsp3) is 0.188. The summed E-state index contributed by atoms with van der Waals surface area (Å²) >= 11 is 0. The van der Waals surface area contributed by atoms with Gasteiger partial charge < -0.3 is 10.1 Å². The van der Waals surface area contributed by atoms with E-state index in [9.17, 15) is 28.1 Å². The molecule has 0 saturated carbocycles. The van der Waals surface area contributed by atoms with Crippen LogP contribution in [0.5, 0.6) is 5.75 Å². The number of non-ortho nitro benzene ring substituents is 1. The van der Waals surface area contributed by atoms with Crippen molar-refractivity contribution in [3.8, 4) is 5.75 Å². The first-order valence-electron chi connectivity index (χ1n) is 6.99. The lowest BCUT2D eigenvalue weighted by molar-refractivity contribution is -0.384. The minimum atomic E-state index is -4.45. The number of nitrogens with zero attached hydrogens (tertiary/aromatic N) is 1. The Bertz CT molecular complexity index is 789. The van der Waals surface area contributed by atoms with Gasteiger partial charge in [-0.15, -0.1) is 0 Å². The summed E-state index contributed by atoms with van der Waals surface area (Å²) in [6.07, 6.45) is -4.64. The highest BCUT2D eigenvalue weighted by Crippen LogP contribution is 2.30. The molecule has 2 aromatic rings. The van der Waals surface area contributed by atoms with E-state index in [0.717, 1.165) is 18.2 Å². The van der Waals surface area contributed by atoms with Gasteiger partial charge in [0.1, 0.15) is 5.75 Å². The van der Waals surface area contributed by atoms with Crippen molar-refractivity contribution in [1.29, 1.82) is 0 Å². The molecule has 1 N–H and O–H groups in total. The van der Waals surface area contributed by atoms with Gasteiger partial charge in [0, 0.05) is 12.1 Å². The van der Waals surface area contributed by atoms with Crippen molar-refractivity contribution in [2.45, 2.75) is 12.6 Å². The topological polar surface area (TPSA) is 81.5 Å². The Morgan fingerprint density at radius 3 is 2.36 bits per heavy atom. The highest BCUT2D eigenvalue weighted by molar-refractivity contribution is 5.94. The molecule has 25 heavy (non-hydrogen) atoms. The Hall–Kier alpha value is -3.10. The molecule has 0 aliphatic carbocycles. The zero-order chi connectivity index (χ0) is 18.6. The van der Waals surface area contributed by atoms with Gasteiger partial charge in [0.15, 0.2) is 0 Å². The van der Waals surface area contributed by atoms with Gasteiger partial charge >= 0.3 is 6.18 Å². The van der Waals surface area contributed by atoms with Gasteiger partial charge in [-0.1, -0.05) is 12.1 Å². The number of ether oxygens (including phenoxy) is 1. The SMILES string of the molecule is COc1ccc([N+](=O)[O-])cc1NC(=O)Cc1ccc(C(F)(F)F)cc1.